The summed E-state index contributed by atoms with van der Waals surface area (Å²) >= 11 is 1.94. The van der Waals surface area contributed by atoms with E-state index in [0.29, 0.717) is 6.04 Å². The SMILES string of the molecule is CCNC1CCCCc2cn(CCCSC)cc21. The molecule has 102 valence electrons. The van der Waals surface area contributed by atoms with Crippen LogP contribution in [-0.4, -0.2) is 23.1 Å². The lowest BCUT2D eigenvalue weighted by Gasteiger charge is -2.15. The molecule has 3 heteroatoms. The predicted octanol–water partition coefficient (Wildman–Crippen LogP) is 3.62. The molecule has 0 bridgehead atoms. The molecule has 0 aromatic carbocycles. The van der Waals surface area contributed by atoms with Crippen LogP contribution < -0.4 is 5.32 Å². The summed E-state index contributed by atoms with van der Waals surface area (Å²) in [6.07, 6.45) is 13.5. The lowest BCUT2D eigenvalue weighted by molar-refractivity contribution is 0.501. The van der Waals surface area contributed by atoms with Gasteiger partial charge in [-0.3, -0.25) is 0 Å². The van der Waals surface area contributed by atoms with Gasteiger partial charge in [0.1, 0.15) is 0 Å². The molecule has 0 saturated carbocycles. The Hall–Kier alpha value is -0.410. The highest BCUT2D eigenvalue weighted by molar-refractivity contribution is 7.98. The van der Waals surface area contributed by atoms with Gasteiger partial charge in [-0.15, -0.1) is 0 Å². The monoisotopic (exact) mass is 266 g/mol. The van der Waals surface area contributed by atoms with Crippen LogP contribution in [0.4, 0.5) is 0 Å². The second-order valence-electron chi connectivity index (χ2n) is 5.18. The maximum atomic E-state index is 3.64. The topological polar surface area (TPSA) is 17.0 Å². The van der Waals surface area contributed by atoms with Gasteiger partial charge < -0.3 is 9.88 Å². The lowest BCUT2D eigenvalue weighted by atomic mass is 10.0. The Balaban J connectivity index is 2.06. The Morgan fingerprint density at radius 2 is 2.28 bits per heavy atom. The molecule has 0 spiro atoms. The van der Waals surface area contributed by atoms with E-state index >= 15 is 0 Å². The van der Waals surface area contributed by atoms with Crippen LogP contribution in [0.3, 0.4) is 0 Å². The Kier molecular flexibility index (Phi) is 5.64. The van der Waals surface area contributed by atoms with Crippen molar-refractivity contribution >= 4 is 11.8 Å². The fraction of sp³-hybridized carbons (Fsp3) is 0.733. The first-order chi connectivity index (χ1) is 8.85. The van der Waals surface area contributed by atoms with Gasteiger partial charge in [-0.2, -0.15) is 11.8 Å². The fourth-order valence-electron chi connectivity index (χ4n) is 2.89. The summed E-state index contributed by atoms with van der Waals surface area (Å²) in [6, 6.07) is 0.592. The smallest absolute Gasteiger partial charge is 0.0337 e. The molecular formula is C15H26N2S. The number of hydrogen-bond donors (Lipinski definition) is 1. The van der Waals surface area contributed by atoms with E-state index in [1.54, 1.807) is 11.1 Å². The Morgan fingerprint density at radius 3 is 3.06 bits per heavy atom. The van der Waals surface area contributed by atoms with Crippen LogP contribution in [0.2, 0.25) is 0 Å². The minimum absolute atomic E-state index is 0.592. The Morgan fingerprint density at radius 1 is 1.39 bits per heavy atom. The summed E-state index contributed by atoms with van der Waals surface area (Å²) in [6.45, 7) is 4.45. The van der Waals surface area contributed by atoms with Crippen molar-refractivity contribution in [2.75, 3.05) is 18.6 Å². The maximum absolute atomic E-state index is 3.64. The largest absolute Gasteiger partial charge is 0.354 e. The van der Waals surface area contributed by atoms with Crippen LogP contribution in [0.15, 0.2) is 12.4 Å². The first-order valence-electron chi connectivity index (χ1n) is 7.26. The first-order valence-corrected chi connectivity index (χ1v) is 8.65. The summed E-state index contributed by atoms with van der Waals surface area (Å²) in [4.78, 5) is 0. The number of hydrogen-bond acceptors (Lipinski definition) is 2. The van der Waals surface area contributed by atoms with E-state index in [4.69, 9.17) is 0 Å². The van der Waals surface area contributed by atoms with E-state index in [9.17, 15) is 0 Å². The van der Waals surface area contributed by atoms with Crippen LogP contribution in [0.25, 0.3) is 0 Å². The lowest BCUT2D eigenvalue weighted by Crippen LogP contribution is -2.20. The zero-order valence-electron chi connectivity index (χ0n) is 11.7. The highest BCUT2D eigenvalue weighted by Gasteiger charge is 2.19. The third-order valence-corrected chi connectivity index (χ3v) is 4.47. The molecular weight excluding hydrogens is 240 g/mol. The first kappa shape index (κ1) is 14.0. The van der Waals surface area contributed by atoms with Crippen LogP contribution in [0.1, 0.15) is 49.8 Å². The number of aryl methyl sites for hydroxylation is 2. The van der Waals surface area contributed by atoms with Crippen molar-refractivity contribution < 1.29 is 0 Å². The van der Waals surface area contributed by atoms with Gasteiger partial charge in [0.25, 0.3) is 0 Å². The van der Waals surface area contributed by atoms with Crippen molar-refractivity contribution in [1.82, 2.24) is 9.88 Å². The molecule has 18 heavy (non-hydrogen) atoms. The molecule has 2 rings (SSSR count). The van der Waals surface area contributed by atoms with Crippen LogP contribution in [-0.2, 0) is 13.0 Å². The third kappa shape index (κ3) is 3.55. The van der Waals surface area contributed by atoms with Crippen molar-refractivity contribution in [2.24, 2.45) is 0 Å². The molecule has 1 N–H and O–H groups in total. The highest BCUT2D eigenvalue weighted by atomic mass is 32.2. The van der Waals surface area contributed by atoms with Crippen molar-refractivity contribution in [1.29, 1.82) is 0 Å². The van der Waals surface area contributed by atoms with Crippen molar-refractivity contribution in [2.45, 2.75) is 51.6 Å². The predicted molar refractivity (Wildman–Crippen MR) is 81.4 cm³/mol. The quantitative estimate of drug-likeness (QED) is 0.625. The summed E-state index contributed by atoms with van der Waals surface area (Å²) in [5, 5.41) is 3.64. The average Bonchev–Trinajstić information content (AvgIpc) is 2.68. The number of fused-ring (bicyclic) bond motifs is 1. The van der Waals surface area contributed by atoms with E-state index in [1.807, 2.05) is 11.8 Å². The zero-order valence-corrected chi connectivity index (χ0v) is 12.6. The normalized spacial score (nSPS) is 19.6. The minimum Gasteiger partial charge on any atom is -0.354 e. The molecule has 0 aliphatic heterocycles. The number of aromatic nitrogens is 1. The number of nitrogens with zero attached hydrogens (tertiary/aromatic N) is 1. The molecule has 0 saturated heterocycles. The second kappa shape index (κ2) is 7.25. The fourth-order valence-corrected chi connectivity index (χ4v) is 3.31. The molecule has 0 radical (unpaired) electrons. The second-order valence-corrected chi connectivity index (χ2v) is 6.16. The third-order valence-electron chi connectivity index (χ3n) is 3.78. The van der Waals surface area contributed by atoms with E-state index in [0.717, 1.165) is 6.54 Å². The van der Waals surface area contributed by atoms with Crippen molar-refractivity contribution in [3.8, 4) is 0 Å². The van der Waals surface area contributed by atoms with E-state index < -0.39 is 0 Å². The number of nitrogens with one attached hydrogen (secondary N) is 1. The van der Waals surface area contributed by atoms with Crippen LogP contribution in [0.5, 0.6) is 0 Å². The summed E-state index contributed by atoms with van der Waals surface area (Å²) in [7, 11) is 0. The van der Waals surface area contributed by atoms with Gasteiger partial charge in [-0.1, -0.05) is 13.3 Å². The molecule has 1 aliphatic carbocycles. The number of thioether (sulfide) groups is 1. The average molecular weight is 266 g/mol. The molecule has 1 aromatic heterocycles. The van der Waals surface area contributed by atoms with Gasteiger partial charge in [-0.25, -0.2) is 0 Å². The standard InChI is InChI=1S/C15H26N2S/c1-3-16-15-8-5-4-7-13-11-17(12-14(13)15)9-6-10-18-2/h11-12,15-16H,3-10H2,1-2H3. The highest BCUT2D eigenvalue weighted by Crippen LogP contribution is 2.29. The molecule has 1 atom stereocenters. The zero-order chi connectivity index (χ0) is 12.8. The summed E-state index contributed by atoms with van der Waals surface area (Å²) in [5.74, 6) is 1.26. The van der Waals surface area contributed by atoms with Gasteiger partial charge in [0.05, 0.1) is 0 Å². The molecule has 1 heterocycles. The van der Waals surface area contributed by atoms with E-state index in [-0.39, 0.29) is 0 Å². The molecule has 1 unspecified atom stereocenters. The Bertz CT molecular complexity index is 359. The molecule has 2 nitrogen and oxygen atoms in total. The van der Waals surface area contributed by atoms with Gasteiger partial charge in [0, 0.05) is 25.0 Å². The summed E-state index contributed by atoms with van der Waals surface area (Å²) < 4.78 is 2.41. The molecule has 0 fully saturated rings. The van der Waals surface area contributed by atoms with Gasteiger partial charge >= 0.3 is 0 Å². The van der Waals surface area contributed by atoms with Gasteiger partial charge in [0.2, 0.25) is 0 Å². The van der Waals surface area contributed by atoms with Crippen LogP contribution in [0, 0.1) is 0 Å². The van der Waals surface area contributed by atoms with Crippen molar-refractivity contribution in [3.63, 3.8) is 0 Å². The minimum atomic E-state index is 0.592. The molecule has 1 aliphatic rings. The van der Waals surface area contributed by atoms with Crippen molar-refractivity contribution in [3.05, 3.63) is 23.5 Å². The van der Waals surface area contributed by atoms with Crippen LogP contribution >= 0.6 is 11.8 Å². The summed E-state index contributed by atoms with van der Waals surface area (Å²) in [5.41, 5.74) is 3.15. The van der Waals surface area contributed by atoms with E-state index in [1.165, 1.54) is 44.4 Å². The number of rotatable bonds is 6. The maximum Gasteiger partial charge on any atom is 0.0337 e. The van der Waals surface area contributed by atoms with E-state index in [2.05, 4.69) is 35.5 Å². The van der Waals surface area contributed by atoms with Gasteiger partial charge in [0.15, 0.2) is 0 Å². The molecule has 0 amide bonds. The molecule has 1 aromatic rings. The Labute approximate surface area is 116 Å². The van der Waals surface area contributed by atoms with Gasteiger partial charge in [-0.05, 0) is 55.4 Å².